The number of nitrogens with zero attached hydrogens (tertiary/aromatic N) is 3. The van der Waals surface area contributed by atoms with E-state index >= 15 is 0 Å². The third-order valence-corrected chi connectivity index (χ3v) is 4.41. The highest BCUT2D eigenvalue weighted by molar-refractivity contribution is 7.09. The van der Waals surface area contributed by atoms with Crippen LogP contribution in [-0.4, -0.2) is 43.1 Å². The van der Waals surface area contributed by atoms with Gasteiger partial charge < -0.3 is 15.0 Å². The number of hydrogen-bond acceptors (Lipinski definition) is 4. The van der Waals surface area contributed by atoms with Gasteiger partial charge in [-0.15, -0.1) is 11.3 Å². The quantitative estimate of drug-likeness (QED) is 0.618. The Balaban J connectivity index is 1.87. The third-order valence-electron chi connectivity index (χ3n) is 3.59. The Morgan fingerprint density at radius 1 is 1.38 bits per heavy atom. The second-order valence-electron chi connectivity index (χ2n) is 5.48. The van der Waals surface area contributed by atoms with Crippen molar-refractivity contribution < 1.29 is 4.74 Å². The standard InChI is InChI=1S/C18H26N4OS/c1-5-23-17-9-7-6-8-15(17)10-11-20-18(19-3)22(4)12-16-13-24-14(2)21-16/h6-9,13H,5,10-12H2,1-4H3,(H,19,20). The van der Waals surface area contributed by atoms with E-state index in [2.05, 4.69) is 31.6 Å². The van der Waals surface area contributed by atoms with E-state index in [0.29, 0.717) is 6.61 Å². The number of guanidine groups is 1. The molecule has 2 rings (SSSR count). The third kappa shape index (κ3) is 5.23. The maximum Gasteiger partial charge on any atom is 0.193 e. The first-order chi connectivity index (χ1) is 11.6. The molecule has 1 aromatic heterocycles. The van der Waals surface area contributed by atoms with E-state index in [9.17, 15) is 0 Å². The molecule has 0 spiro atoms. The fraction of sp³-hybridized carbons (Fsp3) is 0.444. The van der Waals surface area contributed by atoms with Gasteiger partial charge in [0.1, 0.15) is 5.75 Å². The second kappa shape index (κ2) is 9.27. The van der Waals surface area contributed by atoms with Crippen LogP contribution in [0.25, 0.3) is 0 Å². The molecule has 6 heteroatoms. The Kier molecular flexibility index (Phi) is 7.06. The van der Waals surface area contributed by atoms with Crippen molar-refractivity contribution >= 4 is 17.3 Å². The molecule has 0 bridgehead atoms. The zero-order chi connectivity index (χ0) is 17.4. The minimum absolute atomic E-state index is 0.682. The van der Waals surface area contributed by atoms with E-state index in [1.807, 2.05) is 39.1 Å². The van der Waals surface area contributed by atoms with Gasteiger partial charge in [0.05, 0.1) is 23.9 Å². The Bertz CT molecular complexity index is 669. The molecule has 0 unspecified atom stereocenters. The summed E-state index contributed by atoms with van der Waals surface area (Å²) in [7, 11) is 3.83. The molecule has 0 aliphatic rings. The molecule has 0 radical (unpaired) electrons. The van der Waals surface area contributed by atoms with Crippen LogP contribution in [0.2, 0.25) is 0 Å². The molecule has 1 heterocycles. The molecule has 24 heavy (non-hydrogen) atoms. The topological polar surface area (TPSA) is 49.8 Å². The van der Waals surface area contributed by atoms with Gasteiger partial charge in [-0.3, -0.25) is 4.99 Å². The fourth-order valence-corrected chi connectivity index (χ4v) is 3.10. The Morgan fingerprint density at radius 2 is 2.17 bits per heavy atom. The number of rotatable bonds is 7. The first-order valence-corrected chi connectivity index (χ1v) is 9.05. The smallest absolute Gasteiger partial charge is 0.193 e. The van der Waals surface area contributed by atoms with E-state index in [-0.39, 0.29) is 0 Å². The molecule has 0 atom stereocenters. The van der Waals surface area contributed by atoms with Crippen LogP contribution in [0.4, 0.5) is 0 Å². The van der Waals surface area contributed by atoms with Crippen molar-refractivity contribution in [2.75, 3.05) is 27.2 Å². The maximum atomic E-state index is 5.67. The molecule has 0 aliphatic heterocycles. The fourth-order valence-electron chi connectivity index (χ4n) is 2.50. The molecule has 5 nitrogen and oxygen atoms in total. The molecular weight excluding hydrogens is 320 g/mol. The van der Waals surface area contributed by atoms with Crippen LogP contribution in [0.3, 0.4) is 0 Å². The van der Waals surface area contributed by atoms with Crippen LogP contribution < -0.4 is 10.1 Å². The normalized spacial score (nSPS) is 11.4. The first kappa shape index (κ1) is 18.3. The van der Waals surface area contributed by atoms with Crippen LogP contribution in [0, 0.1) is 6.92 Å². The predicted molar refractivity (Wildman–Crippen MR) is 101 cm³/mol. The lowest BCUT2D eigenvalue weighted by Crippen LogP contribution is -2.39. The summed E-state index contributed by atoms with van der Waals surface area (Å²) in [5.41, 5.74) is 2.28. The molecule has 1 N–H and O–H groups in total. The SMILES string of the molecule is CCOc1ccccc1CCNC(=NC)N(C)Cc1csc(C)n1. The Hall–Kier alpha value is -2.08. The number of aryl methyl sites for hydroxylation is 1. The van der Waals surface area contributed by atoms with Crippen molar-refractivity contribution in [2.24, 2.45) is 4.99 Å². The van der Waals surface area contributed by atoms with Crippen molar-refractivity contribution in [1.82, 2.24) is 15.2 Å². The average Bonchev–Trinajstić information content (AvgIpc) is 2.98. The lowest BCUT2D eigenvalue weighted by atomic mass is 10.1. The van der Waals surface area contributed by atoms with Crippen LogP contribution in [0.5, 0.6) is 5.75 Å². The summed E-state index contributed by atoms with van der Waals surface area (Å²) < 4.78 is 5.67. The van der Waals surface area contributed by atoms with E-state index in [4.69, 9.17) is 4.74 Å². The van der Waals surface area contributed by atoms with Gasteiger partial charge in [-0.2, -0.15) is 0 Å². The van der Waals surface area contributed by atoms with Crippen molar-refractivity contribution in [3.63, 3.8) is 0 Å². The number of aliphatic imine (C=N–C) groups is 1. The van der Waals surface area contributed by atoms with E-state index in [0.717, 1.165) is 41.9 Å². The number of para-hydroxylation sites is 1. The highest BCUT2D eigenvalue weighted by atomic mass is 32.1. The summed E-state index contributed by atoms with van der Waals surface area (Å²) >= 11 is 1.68. The van der Waals surface area contributed by atoms with E-state index in [1.165, 1.54) is 5.56 Å². The van der Waals surface area contributed by atoms with Gasteiger partial charge in [0.2, 0.25) is 0 Å². The summed E-state index contributed by atoms with van der Waals surface area (Å²) in [5.74, 6) is 1.83. The summed E-state index contributed by atoms with van der Waals surface area (Å²) in [6, 6.07) is 8.18. The van der Waals surface area contributed by atoms with Gasteiger partial charge in [0.15, 0.2) is 5.96 Å². The molecule has 0 saturated carbocycles. The Labute approximate surface area is 148 Å². The van der Waals surface area contributed by atoms with Crippen LogP contribution >= 0.6 is 11.3 Å². The van der Waals surface area contributed by atoms with Gasteiger partial charge in [0, 0.05) is 26.0 Å². The molecule has 0 amide bonds. The summed E-state index contributed by atoms with van der Waals surface area (Å²) in [6.45, 7) is 6.27. The second-order valence-corrected chi connectivity index (χ2v) is 6.54. The van der Waals surface area contributed by atoms with Gasteiger partial charge >= 0.3 is 0 Å². The predicted octanol–water partition coefficient (Wildman–Crippen LogP) is 3.10. The largest absolute Gasteiger partial charge is 0.494 e. The summed E-state index contributed by atoms with van der Waals surface area (Å²) in [6.07, 6.45) is 0.888. The lowest BCUT2D eigenvalue weighted by molar-refractivity contribution is 0.336. The number of ether oxygens (including phenoxy) is 1. The number of aromatic nitrogens is 1. The highest BCUT2D eigenvalue weighted by Crippen LogP contribution is 2.18. The molecule has 2 aromatic rings. The van der Waals surface area contributed by atoms with Crippen molar-refractivity contribution in [1.29, 1.82) is 0 Å². The molecular formula is C18H26N4OS. The van der Waals surface area contributed by atoms with Gasteiger partial charge in [0.25, 0.3) is 0 Å². The molecule has 1 aromatic carbocycles. The molecule has 130 valence electrons. The zero-order valence-corrected chi connectivity index (χ0v) is 15.7. The van der Waals surface area contributed by atoms with Crippen molar-refractivity contribution in [3.8, 4) is 5.75 Å². The molecule has 0 fully saturated rings. The average molecular weight is 346 g/mol. The number of nitrogens with one attached hydrogen (secondary N) is 1. The minimum Gasteiger partial charge on any atom is -0.494 e. The van der Waals surface area contributed by atoms with Gasteiger partial charge in [-0.25, -0.2) is 4.98 Å². The van der Waals surface area contributed by atoms with Crippen molar-refractivity contribution in [3.05, 3.63) is 45.9 Å². The monoisotopic (exact) mass is 346 g/mol. The Morgan fingerprint density at radius 3 is 2.83 bits per heavy atom. The maximum absolute atomic E-state index is 5.67. The van der Waals surface area contributed by atoms with Crippen LogP contribution in [-0.2, 0) is 13.0 Å². The van der Waals surface area contributed by atoms with Crippen LogP contribution in [0.1, 0.15) is 23.2 Å². The van der Waals surface area contributed by atoms with Gasteiger partial charge in [-0.05, 0) is 31.9 Å². The highest BCUT2D eigenvalue weighted by Gasteiger charge is 2.09. The molecule has 0 saturated heterocycles. The number of thiazole rings is 1. The van der Waals surface area contributed by atoms with Gasteiger partial charge in [-0.1, -0.05) is 18.2 Å². The summed E-state index contributed by atoms with van der Waals surface area (Å²) in [5, 5.41) is 6.60. The first-order valence-electron chi connectivity index (χ1n) is 8.17. The van der Waals surface area contributed by atoms with Crippen molar-refractivity contribution in [2.45, 2.75) is 26.8 Å². The zero-order valence-electron chi connectivity index (χ0n) is 14.9. The van der Waals surface area contributed by atoms with E-state index in [1.54, 1.807) is 18.4 Å². The minimum atomic E-state index is 0.682. The number of hydrogen-bond donors (Lipinski definition) is 1. The van der Waals surface area contributed by atoms with E-state index < -0.39 is 0 Å². The molecule has 0 aliphatic carbocycles. The van der Waals surface area contributed by atoms with Crippen LogP contribution in [0.15, 0.2) is 34.6 Å². The number of benzene rings is 1. The lowest BCUT2D eigenvalue weighted by Gasteiger charge is -2.21. The summed E-state index contributed by atoms with van der Waals surface area (Å²) in [4.78, 5) is 10.9.